The van der Waals surface area contributed by atoms with E-state index in [1.165, 1.54) is 18.2 Å². The van der Waals surface area contributed by atoms with Crippen LogP contribution in [0, 0.1) is 5.92 Å². The summed E-state index contributed by atoms with van der Waals surface area (Å²) in [4.78, 5) is 11.8. The SMILES string of the molecule is NC1(O)C=CC(/C=C/C(=O)c2ccccc2)C=C1O. The Hall–Kier alpha value is -2.17. The number of rotatable bonds is 3. The largest absolute Gasteiger partial charge is 0.508 e. The lowest BCUT2D eigenvalue weighted by Crippen LogP contribution is -2.41. The average molecular weight is 257 g/mol. The molecule has 0 saturated carbocycles. The molecular weight excluding hydrogens is 242 g/mol. The van der Waals surface area contributed by atoms with Gasteiger partial charge in [0.15, 0.2) is 11.5 Å². The number of carbonyl (C=O) groups is 1. The van der Waals surface area contributed by atoms with Crippen LogP contribution < -0.4 is 5.73 Å². The fourth-order valence-electron chi connectivity index (χ4n) is 1.73. The molecule has 0 aromatic heterocycles. The molecule has 0 spiro atoms. The van der Waals surface area contributed by atoms with E-state index in [0.717, 1.165) is 0 Å². The second-order valence-electron chi connectivity index (χ2n) is 4.40. The van der Waals surface area contributed by atoms with E-state index in [2.05, 4.69) is 0 Å². The minimum atomic E-state index is -1.81. The molecule has 4 nitrogen and oxygen atoms in total. The monoisotopic (exact) mass is 257 g/mol. The second-order valence-corrected chi connectivity index (χ2v) is 4.40. The molecule has 4 N–H and O–H groups in total. The van der Waals surface area contributed by atoms with Gasteiger partial charge < -0.3 is 10.2 Å². The fraction of sp³-hybridized carbons (Fsp3) is 0.133. The summed E-state index contributed by atoms with van der Waals surface area (Å²) in [5.74, 6) is -0.705. The molecule has 2 rings (SSSR count). The minimum Gasteiger partial charge on any atom is -0.508 e. The smallest absolute Gasteiger partial charge is 0.191 e. The molecule has 0 bridgehead atoms. The molecule has 98 valence electrons. The van der Waals surface area contributed by atoms with Gasteiger partial charge in [0, 0.05) is 11.5 Å². The van der Waals surface area contributed by atoms with Crippen LogP contribution in [0.5, 0.6) is 0 Å². The van der Waals surface area contributed by atoms with Crippen LogP contribution in [0.15, 0.2) is 66.5 Å². The van der Waals surface area contributed by atoms with Crippen LogP contribution in [0.3, 0.4) is 0 Å². The molecule has 19 heavy (non-hydrogen) atoms. The number of benzene rings is 1. The molecule has 0 fully saturated rings. The van der Waals surface area contributed by atoms with E-state index in [4.69, 9.17) is 5.73 Å². The van der Waals surface area contributed by atoms with Gasteiger partial charge in [-0.2, -0.15) is 0 Å². The van der Waals surface area contributed by atoms with Gasteiger partial charge in [0.05, 0.1) is 0 Å². The molecule has 1 aromatic carbocycles. The van der Waals surface area contributed by atoms with Gasteiger partial charge in [-0.05, 0) is 18.2 Å². The van der Waals surface area contributed by atoms with Crippen molar-refractivity contribution in [1.29, 1.82) is 0 Å². The highest BCUT2D eigenvalue weighted by Gasteiger charge is 2.26. The number of hydrogen-bond donors (Lipinski definition) is 3. The third-order valence-electron chi connectivity index (χ3n) is 2.86. The van der Waals surface area contributed by atoms with Crippen LogP contribution in [0.25, 0.3) is 0 Å². The molecule has 0 amide bonds. The molecule has 1 aliphatic rings. The van der Waals surface area contributed by atoms with Crippen molar-refractivity contribution in [1.82, 2.24) is 0 Å². The Kier molecular flexibility index (Phi) is 3.64. The highest BCUT2D eigenvalue weighted by Crippen LogP contribution is 2.21. The number of nitrogens with two attached hydrogens (primary N) is 1. The Balaban J connectivity index is 2.07. The highest BCUT2D eigenvalue weighted by atomic mass is 16.3. The standard InChI is InChI=1S/C15H15NO3/c16-15(19)9-8-11(10-14(15)18)6-7-13(17)12-4-2-1-3-5-12/h1-11,18-19H,16H2/b7-6+. The summed E-state index contributed by atoms with van der Waals surface area (Å²) in [5, 5.41) is 19.0. The van der Waals surface area contributed by atoms with Crippen LogP contribution >= 0.6 is 0 Å². The van der Waals surface area contributed by atoms with Gasteiger partial charge in [0.2, 0.25) is 0 Å². The zero-order valence-corrected chi connectivity index (χ0v) is 10.2. The van der Waals surface area contributed by atoms with Gasteiger partial charge in [-0.1, -0.05) is 42.5 Å². The molecule has 0 heterocycles. The molecule has 0 radical (unpaired) electrons. The molecular formula is C15H15NO3. The van der Waals surface area contributed by atoms with Crippen LogP contribution in [0.1, 0.15) is 10.4 Å². The van der Waals surface area contributed by atoms with Gasteiger partial charge in [-0.25, -0.2) is 0 Å². The number of ketones is 1. The predicted molar refractivity (Wildman–Crippen MR) is 72.4 cm³/mol. The van der Waals surface area contributed by atoms with Crippen molar-refractivity contribution in [3.05, 3.63) is 72.0 Å². The Morgan fingerprint density at radius 3 is 2.63 bits per heavy atom. The van der Waals surface area contributed by atoms with Crippen molar-refractivity contribution in [2.24, 2.45) is 11.7 Å². The number of carbonyl (C=O) groups excluding carboxylic acids is 1. The fourth-order valence-corrected chi connectivity index (χ4v) is 1.73. The topological polar surface area (TPSA) is 83.5 Å². The Morgan fingerprint density at radius 2 is 2.00 bits per heavy atom. The molecule has 0 aliphatic heterocycles. The number of allylic oxidation sites excluding steroid dienone is 4. The first-order chi connectivity index (χ1) is 8.99. The predicted octanol–water partition coefficient (Wildman–Crippen LogP) is 1.70. The lowest BCUT2D eigenvalue weighted by Gasteiger charge is -2.23. The summed E-state index contributed by atoms with van der Waals surface area (Å²) in [6.07, 6.45) is 7.39. The van der Waals surface area contributed by atoms with E-state index in [0.29, 0.717) is 5.56 Å². The number of aliphatic hydroxyl groups excluding tert-OH is 1. The maximum Gasteiger partial charge on any atom is 0.191 e. The minimum absolute atomic E-state index is 0.115. The lowest BCUT2D eigenvalue weighted by molar-refractivity contribution is 0.0831. The number of aliphatic hydroxyl groups is 2. The Morgan fingerprint density at radius 1 is 1.32 bits per heavy atom. The van der Waals surface area contributed by atoms with Gasteiger partial charge in [-0.3, -0.25) is 10.5 Å². The van der Waals surface area contributed by atoms with Crippen LogP contribution in [-0.4, -0.2) is 21.7 Å². The van der Waals surface area contributed by atoms with Crippen LogP contribution in [0.4, 0.5) is 0 Å². The summed E-state index contributed by atoms with van der Waals surface area (Å²) in [6, 6.07) is 8.89. The van der Waals surface area contributed by atoms with Gasteiger partial charge in [-0.15, -0.1) is 0 Å². The third kappa shape index (κ3) is 3.19. The Labute approximate surface area is 111 Å². The lowest BCUT2D eigenvalue weighted by atomic mass is 9.96. The van der Waals surface area contributed by atoms with Crippen molar-refractivity contribution in [3.63, 3.8) is 0 Å². The molecule has 1 aromatic rings. The third-order valence-corrected chi connectivity index (χ3v) is 2.86. The van der Waals surface area contributed by atoms with Crippen molar-refractivity contribution in [2.75, 3.05) is 0 Å². The molecule has 2 unspecified atom stereocenters. The summed E-state index contributed by atoms with van der Waals surface area (Å²) in [7, 11) is 0. The van der Waals surface area contributed by atoms with E-state index in [-0.39, 0.29) is 17.5 Å². The summed E-state index contributed by atoms with van der Waals surface area (Å²) < 4.78 is 0. The van der Waals surface area contributed by atoms with E-state index >= 15 is 0 Å². The van der Waals surface area contributed by atoms with Crippen LogP contribution in [-0.2, 0) is 0 Å². The first-order valence-electron chi connectivity index (χ1n) is 5.88. The Bertz CT molecular complexity index is 556. The molecule has 1 aliphatic carbocycles. The van der Waals surface area contributed by atoms with Crippen molar-refractivity contribution < 1.29 is 15.0 Å². The van der Waals surface area contributed by atoms with E-state index in [1.807, 2.05) is 6.07 Å². The maximum absolute atomic E-state index is 11.8. The van der Waals surface area contributed by atoms with E-state index in [1.54, 1.807) is 36.4 Å². The van der Waals surface area contributed by atoms with Gasteiger partial charge in [0.1, 0.15) is 5.76 Å². The first-order valence-corrected chi connectivity index (χ1v) is 5.88. The van der Waals surface area contributed by atoms with Gasteiger partial charge in [0.25, 0.3) is 0 Å². The quantitative estimate of drug-likeness (QED) is 0.333. The maximum atomic E-state index is 11.8. The zero-order chi connectivity index (χ0) is 13.9. The highest BCUT2D eigenvalue weighted by molar-refractivity contribution is 6.04. The molecule has 0 saturated heterocycles. The zero-order valence-electron chi connectivity index (χ0n) is 10.2. The van der Waals surface area contributed by atoms with E-state index in [9.17, 15) is 15.0 Å². The normalized spacial score (nSPS) is 26.4. The van der Waals surface area contributed by atoms with Crippen molar-refractivity contribution >= 4 is 5.78 Å². The van der Waals surface area contributed by atoms with Crippen molar-refractivity contribution in [3.8, 4) is 0 Å². The molecule has 4 heteroatoms. The molecule has 2 atom stereocenters. The van der Waals surface area contributed by atoms with Crippen molar-refractivity contribution in [2.45, 2.75) is 5.72 Å². The summed E-state index contributed by atoms with van der Waals surface area (Å²) in [5.41, 5.74) is 4.18. The first kappa shape index (κ1) is 13.3. The number of hydrogen-bond acceptors (Lipinski definition) is 4. The van der Waals surface area contributed by atoms with Crippen LogP contribution in [0.2, 0.25) is 0 Å². The second kappa shape index (κ2) is 5.22. The average Bonchev–Trinajstić information content (AvgIpc) is 2.41. The summed E-state index contributed by atoms with van der Waals surface area (Å²) in [6.45, 7) is 0. The van der Waals surface area contributed by atoms with E-state index < -0.39 is 5.72 Å². The van der Waals surface area contributed by atoms with Gasteiger partial charge >= 0.3 is 0 Å². The summed E-state index contributed by atoms with van der Waals surface area (Å²) >= 11 is 0.